The Kier molecular flexibility index (Phi) is 7.05. The number of hydrogen-bond donors (Lipinski definition) is 1. The van der Waals surface area contributed by atoms with Crippen LogP contribution in [0.1, 0.15) is 11.1 Å². The van der Waals surface area contributed by atoms with E-state index in [9.17, 15) is 30.8 Å². The zero-order valence-corrected chi connectivity index (χ0v) is 17.4. The van der Waals surface area contributed by atoms with Crippen LogP contribution in [0.2, 0.25) is 0 Å². The van der Waals surface area contributed by atoms with Crippen LogP contribution >= 0.6 is 0 Å². The van der Waals surface area contributed by atoms with Crippen molar-refractivity contribution in [1.29, 1.82) is 0 Å². The van der Waals surface area contributed by atoms with Gasteiger partial charge in [0.05, 0.1) is 11.1 Å². The van der Waals surface area contributed by atoms with Crippen molar-refractivity contribution in [1.82, 2.24) is 9.71 Å². The third kappa shape index (κ3) is 6.44. The molecule has 0 saturated carbocycles. The molecule has 0 radical (unpaired) electrons. The van der Waals surface area contributed by atoms with Gasteiger partial charge in [0.25, 0.3) is 0 Å². The van der Waals surface area contributed by atoms with Crippen LogP contribution < -0.4 is 4.72 Å². The summed E-state index contributed by atoms with van der Waals surface area (Å²) >= 11 is 0. The largest absolute Gasteiger partial charge is 0.402 e. The van der Waals surface area contributed by atoms with Crippen molar-refractivity contribution in [3.05, 3.63) is 83.9 Å². The molecular formula is C22H18F4N2O3S. The SMILES string of the molecule is O=C(Cc1cncc(F)c1)Cc1cc(S(=O)(=O)NCC(F)(F)F)ccc1-c1ccccc1. The summed E-state index contributed by atoms with van der Waals surface area (Å²) in [6.45, 7) is -1.71. The average Bonchev–Trinajstić information content (AvgIpc) is 2.72. The fraction of sp³-hybridized carbons (Fsp3) is 0.182. The topological polar surface area (TPSA) is 76.1 Å². The highest BCUT2D eigenvalue weighted by molar-refractivity contribution is 7.89. The highest BCUT2D eigenvalue weighted by Crippen LogP contribution is 2.27. The first-order chi connectivity index (χ1) is 15.0. The molecule has 1 heterocycles. The Morgan fingerprint density at radius 2 is 1.69 bits per heavy atom. The summed E-state index contributed by atoms with van der Waals surface area (Å²) in [7, 11) is -4.46. The van der Waals surface area contributed by atoms with E-state index >= 15 is 0 Å². The third-order valence-electron chi connectivity index (χ3n) is 4.48. The Morgan fingerprint density at radius 1 is 0.969 bits per heavy atom. The first-order valence-corrected chi connectivity index (χ1v) is 10.9. The number of carbonyl (C=O) groups is 1. The van der Waals surface area contributed by atoms with Crippen LogP contribution in [-0.2, 0) is 27.7 Å². The van der Waals surface area contributed by atoms with Crippen molar-refractivity contribution >= 4 is 15.8 Å². The predicted molar refractivity (Wildman–Crippen MR) is 110 cm³/mol. The number of carbonyl (C=O) groups excluding carboxylic acids is 1. The summed E-state index contributed by atoms with van der Waals surface area (Å²) in [5, 5.41) is 0. The minimum absolute atomic E-state index is 0.137. The summed E-state index contributed by atoms with van der Waals surface area (Å²) in [6.07, 6.45) is -2.70. The number of sulfonamides is 1. The standard InChI is InChI=1S/C22H18F4N2O3S/c23-18-8-15(12-27-13-18)9-19(29)10-17-11-20(32(30,31)28-14-22(24,25)26)6-7-21(17)16-4-2-1-3-5-16/h1-8,11-13,28H,9-10,14H2. The van der Waals surface area contributed by atoms with E-state index in [4.69, 9.17) is 0 Å². The zero-order valence-electron chi connectivity index (χ0n) is 16.6. The van der Waals surface area contributed by atoms with Gasteiger partial charge in [-0.3, -0.25) is 9.78 Å². The van der Waals surface area contributed by atoms with E-state index in [0.717, 1.165) is 6.20 Å². The minimum Gasteiger partial charge on any atom is -0.299 e. The smallest absolute Gasteiger partial charge is 0.299 e. The van der Waals surface area contributed by atoms with Crippen molar-refractivity contribution in [2.75, 3.05) is 6.54 Å². The monoisotopic (exact) mass is 466 g/mol. The van der Waals surface area contributed by atoms with Gasteiger partial charge in [-0.1, -0.05) is 36.4 Å². The first kappa shape index (κ1) is 23.6. The highest BCUT2D eigenvalue weighted by atomic mass is 32.2. The predicted octanol–water partition coefficient (Wildman–Crippen LogP) is 4.08. The molecule has 0 unspecified atom stereocenters. The first-order valence-electron chi connectivity index (χ1n) is 9.39. The molecule has 32 heavy (non-hydrogen) atoms. The highest BCUT2D eigenvalue weighted by Gasteiger charge is 2.30. The van der Waals surface area contributed by atoms with E-state index in [1.165, 1.54) is 35.2 Å². The van der Waals surface area contributed by atoms with E-state index in [2.05, 4.69) is 4.98 Å². The maximum absolute atomic E-state index is 13.3. The van der Waals surface area contributed by atoms with Crippen LogP contribution in [0.15, 0.2) is 71.9 Å². The molecular weight excluding hydrogens is 448 g/mol. The van der Waals surface area contributed by atoms with E-state index in [1.54, 1.807) is 30.3 Å². The molecule has 0 aliphatic heterocycles. The van der Waals surface area contributed by atoms with Gasteiger partial charge in [-0.15, -0.1) is 0 Å². The van der Waals surface area contributed by atoms with E-state index in [1.807, 2.05) is 0 Å². The van der Waals surface area contributed by atoms with Gasteiger partial charge in [-0.05, 0) is 40.5 Å². The minimum atomic E-state index is -4.71. The lowest BCUT2D eigenvalue weighted by Gasteiger charge is -2.14. The van der Waals surface area contributed by atoms with Gasteiger partial charge in [0.15, 0.2) is 0 Å². The fourth-order valence-corrected chi connectivity index (χ4v) is 4.16. The molecule has 3 aromatic rings. The van der Waals surface area contributed by atoms with Crippen LogP contribution in [0.4, 0.5) is 17.6 Å². The number of rotatable bonds is 8. The molecule has 1 N–H and O–H groups in total. The van der Waals surface area contributed by atoms with Crippen molar-refractivity contribution in [3.8, 4) is 11.1 Å². The van der Waals surface area contributed by atoms with Crippen LogP contribution in [-0.4, -0.2) is 31.9 Å². The normalized spacial score (nSPS) is 12.0. The van der Waals surface area contributed by atoms with Crippen LogP contribution in [0.5, 0.6) is 0 Å². The summed E-state index contributed by atoms with van der Waals surface area (Å²) in [6, 6.07) is 13.8. The Morgan fingerprint density at radius 3 is 2.34 bits per heavy atom. The number of alkyl halides is 3. The molecule has 3 rings (SSSR count). The maximum Gasteiger partial charge on any atom is 0.402 e. The molecule has 0 saturated heterocycles. The van der Waals surface area contributed by atoms with Gasteiger partial charge >= 0.3 is 6.18 Å². The van der Waals surface area contributed by atoms with Crippen LogP contribution in [0, 0.1) is 5.82 Å². The second-order valence-electron chi connectivity index (χ2n) is 7.03. The molecule has 2 aromatic carbocycles. The molecule has 0 atom stereocenters. The number of nitrogens with zero attached hydrogens (tertiary/aromatic N) is 1. The van der Waals surface area contributed by atoms with Crippen molar-refractivity contribution in [2.24, 2.45) is 0 Å². The number of nitrogens with one attached hydrogen (secondary N) is 1. The van der Waals surface area contributed by atoms with Crippen molar-refractivity contribution in [2.45, 2.75) is 23.9 Å². The second kappa shape index (κ2) is 9.58. The second-order valence-corrected chi connectivity index (χ2v) is 8.80. The van der Waals surface area contributed by atoms with Crippen LogP contribution in [0.3, 0.4) is 0 Å². The quantitative estimate of drug-likeness (QED) is 0.508. The molecule has 0 aliphatic carbocycles. The lowest BCUT2D eigenvalue weighted by Crippen LogP contribution is -2.33. The zero-order chi connectivity index (χ0) is 23.4. The number of ketones is 1. The molecule has 0 aliphatic rings. The molecule has 0 spiro atoms. The Hall–Kier alpha value is -3.11. The van der Waals surface area contributed by atoms with Gasteiger partial charge < -0.3 is 0 Å². The fourth-order valence-electron chi connectivity index (χ4n) is 3.10. The van der Waals surface area contributed by atoms with Crippen LogP contribution in [0.25, 0.3) is 11.1 Å². The van der Waals surface area contributed by atoms with Gasteiger partial charge in [0.2, 0.25) is 10.0 Å². The molecule has 1 aromatic heterocycles. The molecule has 0 fully saturated rings. The van der Waals surface area contributed by atoms with Gasteiger partial charge in [0, 0.05) is 19.0 Å². The van der Waals surface area contributed by atoms with E-state index in [-0.39, 0.29) is 18.6 Å². The van der Waals surface area contributed by atoms with Gasteiger partial charge in [-0.25, -0.2) is 17.5 Å². The number of pyridine rings is 1. The van der Waals surface area contributed by atoms with Gasteiger partial charge in [0.1, 0.15) is 18.1 Å². The maximum atomic E-state index is 13.3. The number of halogens is 4. The average molecular weight is 466 g/mol. The lowest BCUT2D eigenvalue weighted by atomic mass is 9.95. The van der Waals surface area contributed by atoms with Crippen molar-refractivity contribution in [3.63, 3.8) is 0 Å². The Labute approximate surface area is 182 Å². The Balaban J connectivity index is 1.93. The summed E-state index contributed by atoms with van der Waals surface area (Å²) in [5.74, 6) is -0.934. The van der Waals surface area contributed by atoms with E-state index in [0.29, 0.717) is 22.3 Å². The summed E-state index contributed by atoms with van der Waals surface area (Å²) < 4.78 is 77.0. The number of aromatic nitrogens is 1. The molecule has 168 valence electrons. The lowest BCUT2D eigenvalue weighted by molar-refractivity contribution is -0.121. The molecule has 0 amide bonds. The Bertz CT molecular complexity index is 1210. The van der Waals surface area contributed by atoms with Crippen molar-refractivity contribution < 1.29 is 30.8 Å². The van der Waals surface area contributed by atoms with Gasteiger partial charge in [-0.2, -0.15) is 13.2 Å². The molecule has 5 nitrogen and oxygen atoms in total. The third-order valence-corrected chi connectivity index (χ3v) is 5.88. The molecule has 10 heteroatoms. The summed E-state index contributed by atoms with van der Waals surface area (Å²) in [4.78, 5) is 15.9. The van der Waals surface area contributed by atoms with E-state index < -0.39 is 33.5 Å². The number of benzene rings is 2. The summed E-state index contributed by atoms with van der Waals surface area (Å²) in [5.41, 5.74) is 1.94. The number of hydrogen-bond acceptors (Lipinski definition) is 4. The number of Topliss-reactive ketones (excluding diaryl/α,β-unsaturated/α-hetero) is 1. The molecule has 0 bridgehead atoms.